The van der Waals surface area contributed by atoms with Crippen molar-refractivity contribution in [2.75, 3.05) is 0 Å². The van der Waals surface area contributed by atoms with Gasteiger partial charge in [0.15, 0.2) is 5.69 Å². The molecular weight excluding hydrogens is 337 g/mol. The molecule has 0 radical (unpaired) electrons. The van der Waals surface area contributed by atoms with E-state index in [1.165, 1.54) is 12.3 Å². The highest BCUT2D eigenvalue weighted by Gasteiger charge is 2.36. The molecular formula is C11H3Cl3F3N3. The molecule has 1 heterocycles. The van der Waals surface area contributed by atoms with Gasteiger partial charge in [-0.1, -0.05) is 34.8 Å². The van der Waals surface area contributed by atoms with Gasteiger partial charge >= 0.3 is 6.18 Å². The minimum absolute atomic E-state index is 0.0205. The number of alkyl halides is 3. The Balaban J connectivity index is 2.68. The van der Waals surface area contributed by atoms with Crippen LogP contribution >= 0.6 is 34.8 Å². The Bertz CT molecular complexity index is 716. The Hall–Kier alpha value is -1.42. The summed E-state index contributed by atoms with van der Waals surface area (Å²) in [5.41, 5.74) is -1.09. The number of hydrogen-bond donors (Lipinski definition) is 0. The molecule has 2 rings (SSSR count). The predicted molar refractivity (Wildman–Crippen MR) is 68.3 cm³/mol. The van der Waals surface area contributed by atoms with E-state index in [2.05, 4.69) is 5.10 Å². The van der Waals surface area contributed by atoms with Crippen LogP contribution in [-0.2, 0) is 6.18 Å². The molecule has 0 fully saturated rings. The standard InChI is InChI=1S/C11H3Cl3F3N3/c12-7-3-6(11(15,16)17)8(13)9(14)10(7)20-2-1-5(4-18)19-20/h1-3H. The van der Waals surface area contributed by atoms with Crippen LogP contribution in [0.5, 0.6) is 0 Å². The minimum atomic E-state index is -4.68. The van der Waals surface area contributed by atoms with Crippen LogP contribution in [0.4, 0.5) is 13.2 Å². The lowest BCUT2D eigenvalue weighted by molar-refractivity contribution is -0.137. The smallest absolute Gasteiger partial charge is 0.237 e. The number of benzene rings is 1. The molecule has 104 valence electrons. The second-order valence-corrected chi connectivity index (χ2v) is 4.80. The molecule has 0 N–H and O–H groups in total. The van der Waals surface area contributed by atoms with Gasteiger partial charge in [0, 0.05) is 6.20 Å². The summed E-state index contributed by atoms with van der Waals surface area (Å²) in [5.74, 6) is 0. The van der Waals surface area contributed by atoms with E-state index in [4.69, 9.17) is 40.1 Å². The van der Waals surface area contributed by atoms with Crippen LogP contribution in [0.2, 0.25) is 15.1 Å². The average molecular weight is 341 g/mol. The van der Waals surface area contributed by atoms with Crippen LogP contribution in [0, 0.1) is 11.3 Å². The van der Waals surface area contributed by atoms with E-state index >= 15 is 0 Å². The fourth-order valence-electron chi connectivity index (χ4n) is 1.51. The van der Waals surface area contributed by atoms with Gasteiger partial charge < -0.3 is 0 Å². The second kappa shape index (κ2) is 5.17. The lowest BCUT2D eigenvalue weighted by atomic mass is 10.2. The van der Waals surface area contributed by atoms with Gasteiger partial charge in [-0.15, -0.1) is 0 Å². The molecule has 0 amide bonds. The molecule has 0 bridgehead atoms. The van der Waals surface area contributed by atoms with Gasteiger partial charge in [0.2, 0.25) is 0 Å². The van der Waals surface area contributed by atoms with Gasteiger partial charge in [-0.05, 0) is 12.1 Å². The Labute approximate surface area is 126 Å². The summed E-state index contributed by atoms with van der Waals surface area (Å²) in [6, 6.07) is 3.80. The Morgan fingerprint density at radius 3 is 2.35 bits per heavy atom. The van der Waals surface area contributed by atoms with Crippen molar-refractivity contribution in [3.8, 4) is 11.8 Å². The van der Waals surface area contributed by atoms with E-state index in [9.17, 15) is 13.2 Å². The first-order chi connectivity index (χ1) is 9.25. The lowest BCUT2D eigenvalue weighted by Gasteiger charge is -2.14. The Morgan fingerprint density at radius 2 is 1.85 bits per heavy atom. The van der Waals surface area contributed by atoms with Crippen molar-refractivity contribution in [2.45, 2.75) is 6.18 Å². The molecule has 0 saturated carbocycles. The van der Waals surface area contributed by atoms with E-state index in [0.717, 1.165) is 4.68 Å². The third-order valence-electron chi connectivity index (χ3n) is 2.37. The van der Waals surface area contributed by atoms with E-state index in [-0.39, 0.29) is 21.4 Å². The maximum Gasteiger partial charge on any atom is 0.417 e. The first-order valence-electron chi connectivity index (χ1n) is 4.96. The molecule has 1 aromatic heterocycles. The highest BCUT2D eigenvalue weighted by Crippen LogP contribution is 2.43. The van der Waals surface area contributed by atoms with Gasteiger partial charge in [0.25, 0.3) is 0 Å². The summed E-state index contributed by atoms with van der Waals surface area (Å²) < 4.78 is 39.3. The Morgan fingerprint density at radius 1 is 1.20 bits per heavy atom. The summed E-state index contributed by atoms with van der Waals surface area (Å²) in [6.07, 6.45) is -3.33. The summed E-state index contributed by atoms with van der Waals surface area (Å²) in [4.78, 5) is 0. The first-order valence-corrected chi connectivity index (χ1v) is 6.10. The van der Waals surface area contributed by atoms with Crippen LogP contribution in [-0.4, -0.2) is 9.78 Å². The quantitative estimate of drug-likeness (QED) is 0.705. The Kier molecular flexibility index (Phi) is 3.87. The zero-order valence-electron chi connectivity index (χ0n) is 9.34. The molecule has 0 aliphatic rings. The third-order valence-corrected chi connectivity index (χ3v) is 3.52. The van der Waals surface area contributed by atoms with Crippen molar-refractivity contribution in [1.29, 1.82) is 5.26 Å². The van der Waals surface area contributed by atoms with Crippen LogP contribution < -0.4 is 0 Å². The van der Waals surface area contributed by atoms with Crippen molar-refractivity contribution in [1.82, 2.24) is 9.78 Å². The third kappa shape index (κ3) is 2.57. The van der Waals surface area contributed by atoms with Gasteiger partial charge in [-0.3, -0.25) is 0 Å². The van der Waals surface area contributed by atoms with Crippen molar-refractivity contribution in [2.24, 2.45) is 0 Å². The summed E-state index contributed by atoms with van der Waals surface area (Å²) in [6.45, 7) is 0. The van der Waals surface area contributed by atoms with Crippen molar-refractivity contribution < 1.29 is 13.2 Å². The molecule has 0 unspecified atom stereocenters. The van der Waals surface area contributed by atoms with Crippen LogP contribution in [0.3, 0.4) is 0 Å². The highest BCUT2D eigenvalue weighted by molar-refractivity contribution is 6.45. The number of halogens is 6. The first kappa shape index (κ1) is 15.0. The van der Waals surface area contributed by atoms with Crippen LogP contribution in [0.1, 0.15) is 11.3 Å². The maximum atomic E-state index is 12.7. The van der Waals surface area contributed by atoms with E-state index in [1.54, 1.807) is 6.07 Å². The fraction of sp³-hybridized carbons (Fsp3) is 0.0909. The monoisotopic (exact) mass is 339 g/mol. The predicted octanol–water partition coefficient (Wildman–Crippen LogP) is 4.72. The summed E-state index contributed by atoms with van der Waals surface area (Å²) in [7, 11) is 0. The number of nitriles is 1. The number of rotatable bonds is 1. The molecule has 0 aliphatic heterocycles. The van der Waals surface area contributed by atoms with E-state index in [0.29, 0.717) is 6.07 Å². The van der Waals surface area contributed by atoms with Crippen molar-refractivity contribution in [3.05, 3.63) is 44.7 Å². The zero-order valence-corrected chi connectivity index (χ0v) is 11.6. The zero-order chi connectivity index (χ0) is 15.1. The van der Waals surface area contributed by atoms with E-state index < -0.39 is 16.8 Å². The molecule has 0 spiro atoms. The molecule has 0 aliphatic carbocycles. The van der Waals surface area contributed by atoms with Crippen molar-refractivity contribution >= 4 is 34.8 Å². The summed E-state index contributed by atoms with van der Waals surface area (Å²) in [5, 5.41) is 11.1. The number of aromatic nitrogens is 2. The van der Waals surface area contributed by atoms with Gasteiger partial charge in [-0.2, -0.15) is 23.5 Å². The summed E-state index contributed by atoms with van der Waals surface area (Å²) >= 11 is 17.3. The molecule has 9 heteroatoms. The number of nitrogens with zero attached hydrogens (tertiary/aromatic N) is 3. The molecule has 20 heavy (non-hydrogen) atoms. The number of hydrogen-bond acceptors (Lipinski definition) is 2. The van der Waals surface area contributed by atoms with Crippen molar-refractivity contribution in [3.63, 3.8) is 0 Å². The van der Waals surface area contributed by atoms with E-state index in [1.807, 2.05) is 0 Å². The molecule has 0 atom stereocenters. The molecule has 0 saturated heterocycles. The highest BCUT2D eigenvalue weighted by atomic mass is 35.5. The maximum absolute atomic E-state index is 12.7. The van der Waals surface area contributed by atoms with Crippen LogP contribution in [0.25, 0.3) is 5.69 Å². The molecule has 1 aromatic carbocycles. The molecule has 3 nitrogen and oxygen atoms in total. The average Bonchev–Trinajstić information content (AvgIpc) is 2.81. The van der Waals surface area contributed by atoms with Gasteiger partial charge in [0.05, 0.1) is 20.6 Å². The van der Waals surface area contributed by atoms with Gasteiger partial charge in [0.1, 0.15) is 11.8 Å². The van der Waals surface area contributed by atoms with Crippen LogP contribution in [0.15, 0.2) is 18.3 Å². The largest absolute Gasteiger partial charge is 0.417 e. The van der Waals surface area contributed by atoms with Gasteiger partial charge in [-0.25, -0.2) is 4.68 Å². The topological polar surface area (TPSA) is 41.6 Å². The fourth-order valence-corrected chi connectivity index (χ4v) is 2.39. The molecule has 2 aromatic rings. The SMILES string of the molecule is N#Cc1ccn(-c2c(Cl)cc(C(F)(F)F)c(Cl)c2Cl)n1. The normalized spacial score (nSPS) is 11.4. The minimum Gasteiger partial charge on any atom is -0.237 e. The second-order valence-electron chi connectivity index (χ2n) is 3.64. The lowest BCUT2D eigenvalue weighted by Crippen LogP contribution is -2.08.